The largest absolute Gasteiger partial charge is 0.466 e. The Bertz CT molecular complexity index is 671. The lowest BCUT2D eigenvalue weighted by molar-refractivity contribution is -0.351. The maximum absolute atomic E-state index is 14.0. The highest BCUT2D eigenvalue weighted by Gasteiger charge is 2.68. The van der Waals surface area contributed by atoms with Crippen molar-refractivity contribution in [2.24, 2.45) is 0 Å². The van der Waals surface area contributed by atoms with Crippen molar-refractivity contribution in [1.82, 2.24) is 4.90 Å². The van der Waals surface area contributed by atoms with Gasteiger partial charge in [0.15, 0.2) is 0 Å². The first-order valence-electron chi connectivity index (χ1n) is 9.30. The first kappa shape index (κ1) is 30.4. The van der Waals surface area contributed by atoms with E-state index in [1.165, 1.54) is 27.7 Å². The summed E-state index contributed by atoms with van der Waals surface area (Å²) in [6.07, 6.45) is -8.60. The summed E-state index contributed by atoms with van der Waals surface area (Å²) < 4.78 is 115. The van der Waals surface area contributed by atoms with Crippen molar-refractivity contribution in [2.45, 2.75) is 82.2 Å². The smallest absolute Gasteiger partial charge is 0.410 e. The van der Waals surface area contributed by atoms with Crippen LogP contribution in [0.1, 0.15) is 47.0 Å². The third-order valence-corrected chi connectivity index (χ3v) is 4.42. The van der Waals surface area contributed by atoms with Gasteiger partial charge in [-0.25, -0.2) is 4.79 Å². The second kappa shape index (κ2) is 11.0. The molecule has 0 saturated carbocycles. The number of unbranched alkanes of at least 4 members (excludes halogenated alkanes) is 1. The zero-order valence-electron chi connectivity index (χ0n) is 17.7. The maximum atomic E-state index is 14.0. The third-order valence-electron chi connectivity index (χ3n) is 4.09. The molecule has 32 heavy (non-hydrogen) atoms. The summed E-state index contributed by atoms with van der Waals surface area (Å²) in [5.41, 5.74) is 0. The van der Waals surface area contributed by atoms with Gasteiger partial charge in [0.2, 0.25) is 5.83 Å². The van der Waals surface area contributed by atoms with Gasteiger partial charge in [-0.2, -0.15) is 35.1 Å². The van der Waals surface area contributed by atoms with E-state index in [4.69, 9.17) is 0 Å². The summed E-state index contributed by atoms with van der Waals surface area (Å²) in [7, 11) is 0. The number of amides is 1. The molecule has 0 spiro atoms. The van der Waals surface area contributed by atoms with Gasteiger partial charge in [-0.3, -0.25) is 4.79 Å². The molecule has 0 rings (SSSR count). The van der Waals surface area contributed by atoms with Crippen LogP contribution < -0.4 is 0 Å². The van der Waals surface area contributed by atoms with Gasteiger partial charge in [-0.15, -0.1) is 0 Å². The zero-order valence-corrected chi connectivity index (χ0v) is 18.6. The molecule has 0 saturated heterocycles. The molecule has 0 N–H and O–H groups in total. The summed E-state index contributed by atoms with van der Waals surface area (Å²) >= 11 is 2.47. The van der Waals surface area contributed by atoms with Crippen LogP contribution in [0.5, 0.6) is 0 Å². The third kappa shape index (κ3) is 7.49. The highest BCUT2D eigenvalue weighted by Crippen LogP contribution is 2.41. The molecule has 1 unspecified atom stereocenters. The van der Waals surface area contributed by atoms with Crippen molar-refractivity contribution in [2.75, 3.05) is 6.61 Å². The summed E-state index contributed by atoms with van der Waals surface area (Å²) in [6, 6.07) is -1.70. The number of ether oxygens (including phenoxy) is 2. The first-order chi connectivity index (χ1) is 14.2. The molecule has 0 bridgehead atoms. The van der Waals surface area contributed by atoms with Crippen molar-refractivity contribution < 1.29 is 54.2 Å². The summed E-state index contributed by atoms with van der Waals surface area (Å²) in [4.78, 5) is 25.1. The number of rotatable bonds is 12. The number of hydrogen-bond acceptors (Lipinski definition) is 5. The minimum Gasteiger partial charge on any atom is -0.410 e. The van der Waals surface area contributed by atoms with E-state index in [2.05, 4.69) is 28.7 Å². The summed E-state index contributed by atoms with van der Waals surface area (Å²) in [5.74, 6) is -15.0. The van der Waals surface area contributed by atoms with E-state index in [1.54, 1.807) is 0 Å². The van der Waals surface area contributed by atoms with Crippen LogP contribution in [0, 0.1) is 0 Å². The van der Waals surface area contributed by atoms with Crippen LogP contribution in [0.2, 0.25) is 0 Å². The summed E-state index contributed by atoms with van der Waals surface area (Å²) in [6.45, 7) is 6.81. The standard InChI is InChI=1S/C18H25F8NO4S/c1-10(2)27(11(3)4)14(29)16(17(22,23)24,31-13(28)12(5)19)30-9-7-6-8-15(20,21)18(25,26)32/h10-11,32H,5-9H2,1-4H3. The minimum absolute atomic E-state index is 0.664. The number of carbonyl (C=O) groups excluding carboxylic acids is 2. The SMILES string of the molecule is C=C(F)C(=O)OC(OCCCCC(F)(F)C(F)(F)S)(C(=O)N(C(C)C)C(C)C)C(F)(F)F. The maximum Gasteiger partial charge on any atom is 0.466 e. The number of alkyl halides is 7. The second-order valence-electron chi connectivity index (χ2n) is 7.36. The van der Waals surface area contributed by atoms with Crippen LogP contribution in [0.3, 0.4) is 0 Å². The molecule has 0 aromatic heterocycles. The molecule has 14 heteroatoms. The van der Waals surface area contributed by atoms with Crippen LogP contribution in [-0.2, 0) is 19.1 Å². The van der Waals surface area contributed by atoms with E-state index in [0.717, 1.165) is 0 Å². The van der Waals surface area contributed by atoms with Crippen molar-refractivity contribution in [1.29, 1.82) is 0 Å². The molecular formula is C18H25F8NO4S. The lowest BCUT2D eigenvalue weighted by Crippen LogP contribution is -2.64. The van der Waals surface area contributed by atoms with Gasteiger partial charge in [0.1, 0.15) is 0 Å². The Balaban J connectivity index is 5.88. The Kier molecular flexibility index (Phi) is 10.5. The molecule has 5 nitrogen and oxygen atoms in total. The van der Waals surface area contributed by atoms with Gasteiger partial charge in [0.25, 0.3) is 0 Å². The molecule has 0 aliphatic heterocycles. The van der Waals surface area contributed by atoms with E-state index in [9.17, 15) is 44.7 Å². The van der Waals surface area contributed by atoms with Crippen LogP contribution in [0.4, 0.5) is 35.1 Å². The molecule has 0 aliphatic rings. The van der Waals surface area contributed by atoms with Crippen molar-refractivity contribution >= 4 is 24.5 Å². The highest BCUT2D eigenvalue weighted by atomic mass is 32.1. The molecule has 188 valence electrons. The Hall–Kier alpha value is -1.57. The number of thiol groups is 1. The molecule has 0 aliphatic carbocycles. The van der Waals surface area contributed by atoms with Crippen LogP contribution in [-0.4, -0.2) is 58.6 Å². The first-order valence-corrected chi connectivity index (χ1v) is 9.75. The molecule has 0 heterocycles. The van der Waals surface area contributed by atoms with E-state index < -0.39 is 78.8 Å². The number of nitrogens with zero attached hydrogens (tertiary/aromatic N) is 1. The van der Waals surface area contributed by atoms with Gasteiger partial charge in [-0.05, 0) is 40.5 Å². The van der Waals surface area contributed by atoms with Gasteiger partial charge >= 0.3 is 35.0 Å². The fraction of sp³-hybridized carbons (Fsp3) is 0.778. The molecular weight excluding hydrogens is 478 g/mol. The average molecular weight is 503 g/mol. The van der Waals surface area contributed by atoms with Crippen LogP contribution in [0.15, 0.2) is 12.4 Å². The number of esters is 1. The topological polar surface area (TPSA) is 55.8 Å². The van der Waals surface area contributed by atoms with Crippen molar-refractivity contribution in [3.8, 4) is 0 Å². The second-order valence-corrected chi connectivity index (χ2v) is 7.92. The number of hydrogen-bond donors (Lipinski definition) is 1. The Morgan fingerprint density at radius 2 is 1.44 bits per heavy atom. The van der Waals surface area contributed by atoms with E-state index >= 15 is 0 Å². The zero-order chi connectivity index (χ0) is 25.7. The molecule has 0 aromatic rings. The fourth-order valence-electron chi connectivity index (χ4n) is 2.63. The van der Waals surface area contributed by atoms with Gasteiger partial charge in [0.05, 0.1) is 6.61 Å². The van der Waals surface area contributed by atoms with E-state index in [0.29, 0.717) is 4.90 Å². The van der Waals surface area contributed by atoms with Gasteiger partial charge < -0.3 is 14.4 Å². The lowest BCUT2D eigenvalue weighted by Gasteiger charge is -2.40. The monoisotopic (exact) mass is 503 g/mol. The Morgan fingerprint density at radius 1 is 0.969 bits per heavy atom. The Labute approximate surface area is 185 Å². The minimum atomic E-state index is -5.72. The average Bonchev–Trinajstić information content (AvgIpc) is 2.57. The van der Waals surface area contributed by atoms with Crippen LogP contribution >= 0.6 is 12.6 Å². The molecule has 0 aromatic carbocycles. The Morgan fingerprint density at radius 3 is 1.78 bits per heavy atom. The van der Waals surface area contributed by atoms with Crippen LogP contribution in [0.25, 0.3) is 0 Å². The highest BCUT2D eigenvalue weighted by molar-refractivity contribution is 7.81. The predicted molar refractivity (Wildman–Crippen MR) is 101 cm³/mol. The molecule has 0 radical (unpaired) electrons. The fourth-order valence-corrected chi connectivity index (χ4v) is 2.74. The predicted octanol–water partition coefficient (Wildman–Crippen LogP) is 5.26. The van der Waals surface area contributed by atoms with Gasteiger partial charge in [-0.1, -0.05) is 19.2 Å². The van der Waals surface area contributed by atoms with Gasteiger partial charge in [0, 0.05) is 18.5 Å². The lowest BCUT2D eigenvalue weighted by atomic mass is 10.1. The van der Waals surface area contributed by atoms with Crippen molar-refractivity contribution in [3.63, 3.8) is 0 Å². The quantitative estimate of drug-likeness (QED) is 0.0986. The molecule has 1 amide bonds. The molecule has 1 atom stereocenters. The van der Waals surface area contributed by atoms with E-state index in [1.807, 2.05) is 0 Å². The number of halogens is 8. The molecule has 0 fully saturated rings. The van der Waals surface area contributed by atoms with Crippen molar-refractivity contribution in [3.05, 3.63) is 12.4 Å². The summed E-state index contributed by atoms with van der Waals surface area (Å²) in [5, 5.41) is -4.66. The van der Waals surface area contributed by atoms with E-state index in [-0.39, 0.29) is 0 Å². The number of carbonyl (C=O) groups is 2. The normalized spacial score (nSPS) is 15.0.